The number of nitrogen functional groups attached to an aromatic ring is 1. The third-order valence-corrected chi connectivity index (χ3v) is 6.83. The molecule has 0 atom stereocenters. The molecule has 0 radical (unpaired) electrons. The van der Waals surface area contributed by atoms with Crippen LogP contribution < -0.4 is 5.73 Å². The van der Waals surface area contributed by atoms with Gasteiger partial charge in [0.05, 0.1) is 11.8 Å². The normalized spacial score (nSPS) is 22.1. The number of carbonyl (C=O) groups is 2. The molecule has 1 aromatic rings. The highest BCUT2D eigenvalue weighted by Gasteiger charge is 2.26. The number of aliphatic hydroxyl groups is 1. The second-order valence-corrected chi connectivity index (χ2v) is 9.53. The van der Waals surface area contributed by atoms with Crippen molar-refractivity contribution >= 4 is 49.4 Å². The Morgan fingerprint density at radius 3 is 2.38 bits per heavy atom. The Morgan fingerprint density at radius 2 is 1.72 bits per heavy atom. The molecule has 2 amide bonds. The highest BCUT2D eigenvalue weighted by molar-refractivity contribution is 9.11. The molecule has 0 saturated heterocycles. The van der Waals surface area contributed by atoms with Crippen LogP contribution in [0.15, 0.2) is 33.2 Å². The molecule has 1 aliphatic heterocycles. The number of nitrogens with zero attached hydrogens (tertiary/aromatic N) is 2. The molecule has 1 aromatic carbocycles. The molecule has 0 spiro atoms. The van der Waals surface area contributed by atoms with Crippen LogP contribution in [0.2, 0.25) is 0 Å². The summed E-state index contributed by atoms with van der Waals surface area (Å²) in [6, 6.07) is 4.39. The first-order valence-corrected chi connectivity index (χ1v) is 11.6. The molecule has 1 saturated carbocycles. The lowest BCUT2D eigenvalue weighted by atomic mass is 9.91. The van der Waals surface area contributed by atoms with E-state index in [0.29, 0.717) is 12.6 Å². The maximum absolute atomic E-state index is 11.7. The van der Waals surface area contributed by atoms with Gasteiger partial charge in [-0.05, 0) is 78.7 Å². The lowest BCUT2D eigenvalue weighted by Gasteiger charge is -2.36. The SMILES string of the molecule is Nc1c(Br)cc(Br)cc1CN(CCCCN1C(=O)C=CC1=O)C1CCC(O)CC1. The average molecular weight is 529 g/mol. The Labute approximate surface area is 188 Å². The predicted octanol–water partition coefficient (Wildman–Crippen LogP) is 3.60. The van der Waals surface area contributed by atoms with E-state index in [2.05, 4.69) is 42.8 Å². The molecule has 1 heterocycles. The first-order chi connectivity index (χ1) is 13.8. The number of unbranched alkanes of at least 4 members (excludes halogenated alkanes) is 1. The molecular weight excluding hydrogens is 502 g/mol. The number of hydrogen-bond acceptors (Lipinski definition) is 5. The van der Waals surface area contributed by atoms with Crippen LogP contribution in [-0.4, -0.2) is 52.0 Å². The summed E-state index contributed by atoms with van der Waals surface area (Å²) in [7, 11) is 0. The van der Waals surface area contributed by atoms with Crippen LogP contribution in [0, 0.1) is 0 Å². The van der Waals surface area contributed by atoms with Gasteiger partial charge in [-0.1, -0.05) is 15.9 Å². The van der Waals surface area contributed by atoms with Crippen molar-refractivity contribution in [3.63, 3.8) is 0 Å². The summed E-state index contributed by atoms with van der Waals surface area (Å²) in [4.78, 5) is 27.1. The summed E-state index contributed by atoms with van der Waals surface area (Å²) in [5.74, 6) is -0.445. The molecule has 0 unspecified atom stereocenters. The number of amides is 2. The summed E-state index contributed by atoms with van der Waals surface area (Å²) in [6.45, 7) is 2.04. The van der Waals surface area contributed by atoms with Crippen molar-refractivity contribution in [2.45, 2.75) is 57.2 Å². The van der Waals surface area contributed by atoms with Gasteiger partial charge in [0.1, 0.15) is 0 Å². The van der Waals surface area contributed by atoms with E-state index in [1.54, 1.807) is 0 Å². The third-order valence-electron chi connectivity index (χ3n) is 5.71. The smallest absolute Gasteiger partial charge is 0.253 e. The van der Waals surface area contributed by atoms with Gasteiger partial charge >= 0.3 is 0 Å². The molecular formula is C21H27Br2N3O3. The third kappa shape index (κ3) is 5.90. The lowest BCUT2D eigenvalue weighted by molar-refractivity contribution is -0.136. The second kappa shape index (κ2) is 10.2. The Bertz CT molecular complexity index is 774. The fourth-order valence-electron chi connectivity index (χ4n) is 4.04. The Morgan fingerprint density at radius 1 is 1.07 bits per heavy atom. The van der Waals surface area contributed by atoms with Crippen LogP contribution in [0.4, 0.5) is 5.69 Å². The van der Waals surface area contributed by atoms with Crippen molar-refractivity contribution in [2.75, 3.05) is 18.8 Å². The fraction of sp³-hybridized carbons (Fsp3) is 0.524. The first-order valence-electron chi connectivity index (χ1n) is 10.0. The van der Waals surface area contributed by atoms with E-state index >= 15 is 0 Å². The highest BCUT2D eigenvalue weighted by atomic mass is 79.9. The van der Waals surface area contributed by atoms with Gasteiger partial charge in [-0.2, -0.15) is 0 Å². The minimum absolute atomic E-state index is 0.196. The molecule has 3 rings (SSSR count). The number of aliphatic hydroxyl groups excluding tert-OH is 1. The molecule has 2 aliphatic rings. The number of anilines is 1. The molecule has 29 heavy (non-hydrogen) atoms. The molecule has 1 fully saturated rings. The van der Waals surface area contributed by atoms with E-state index in [1.165, 1.54) is 17.1 Å². The minimum Gasteiger partial charge on any atom is -0.398 e. The van der Waals surface area contributed by atoms with Crippen molar-refractivity contribution in [3.8, 4) is 0 Å². The molecule has 8 heteroatoms. The maximum atomic E-state index is 11.7. The number of carbonyl (C=O) groups excluding carboxylic acids is 2. The monoisotopic (exact) mass is 527 g/mol. The quantitative estimate of drug-likeness (QED) is 0.306. The number of imide groups is 1. The number of hydrogen-bond donors (Lipinski definition) is 2. The van der Waals surface area contributed by atoms with Crippen molar-refractivity contribution < 1.29 is 14.7 Å². The largest absolute Gasteiger partial charge is 0.398 e. The highest BCUT2D eigenvalue weighted by Crippen LogP contribution is 2.31. The minimum atomic E-state index is -0.222. The molecule has 158 valence electrons. The van der Waals surface area contributed by atoms with Gasteiger partial charge < -0.3 is 10.8 Å². The van der Waals surface area contributed by atoms with E-state index in [9.17, 15) is 14.7 Å². The Hall–Kier alpha value is -1.22. The van der Waals surface area contributed by atoms with Crippen LogP contribution in [0.1, 0.15) is 44.1 Å². The maximum Gasteiger partial charge on any atom is 0.253 e. The summed E-state index contributed by atoms with van der Waals surface area (Å²) in [6.07, 6.45) is 7.67. The van der Waals surface area contributed by atoms with Crippen LogP contribution in [0.5, 0.6) is 0 Å². The summed E-state index contributed by atoms with van der Waals surface area (Å²) < 4.78 is 1.85. The van der Waals surface area contributed by atoms with Gasteiger partial charge in [-0.15, -0.1) is 0 Å². The van der Waals surface area contributed by atoms with E-state index in [1.807, 2.05) is 6.07 Å². The van der Waals surface area contributed by atoms with Gasteiger partial charge in [-0.3, -0.25) is 19.4 Å². The standard InChI is InChI=1S/C21H27Br2N3O3/c22-15-11-14(21(24)18(23)12-15)13-25(16-3-5-17(27)6-4-16)9-1-2-10-26-19(28)7-8-20(26)29/h7-8,11-12,16-17,27H,1-6,9-10,13,24H2. The van der Waals surface area contributed by atoms with Crippen LogP contribution in [-0.2, 0) is 16.1 Å². The van der Waals surface area contributed by atoms with E-state index in [4.69, 9.17) is 5.73 Å². The topological polar surface area (TPSA) is 86.9 Å². The number of benzene rings is 1. The van der Waals surface area contributed by atoms with E-state index < -0.39 is 0 Å². The van der Waals surface area contributed by atoms with Crippen LogP contribution >= 0.6 is 31.9 Å². The van der Waals surface area contributed by atoms with E-state index in [0.717, 1.165) is 71.8 Å². The zero-order chi connectivity index (χ0) is 21.0. The number of nitrogens with two attached hydrogens (primary N) is 1. The van der Waals surface area contributed by atoms with Gasteiger partial charge in [0.15, 0.2) is 0 Å². The van der Waals surface area contributed by atoms with Crippen LogP contribution in [0.25, 0.3) is 0 Å². The fourth-order valence-corrected chi connectivity index (χ4v) is 5.35. The predicted molar refractivity (Wildman–Crippen MR) is 120 cm³/mol. The molecule has 0 aromatic heterocycles. The van der Waals surface area contributed by atoms with Crippen molar-refractivity contribution in [1.82, 2.24) is 9.80 Å². The van der Waals surface area contributed by atoms with Gasteiger partial charge in [0.2, 0.25) is 0 Å². The van der Waals surface area contributed by atoms with Crippen molar-refractivity contribution in [1.29, 1.82) is 0 Å². The first kappa shape index (κ1) is 22.5. The van der Waals surface area contributed by atoms with Gasteiger partial charge in [0.25, 0.3) is 11.8 Å². The molecule has 1 aliphatic carbocycles. The Balaban J connectivity index is 1.62. The van der Waals surface area contributed by atoms with Crippen molar-refractivity contribution in [2.24, 2.45) is 0 Å². The lowest BCUT2D eigenvalue weighted by Crippen LogP contribution is -2.39. The van der Waals surface area contributed by atoms with Gasteiger partial charge in [0, 0.05) is 40.2 Å². The summed E-state index contributed by atoms with van der Waals surface area (Å²) in [5, 5.41) is 9.87. The number of rotatable bonds is 8. The Kier molecular flexibility index (Phi) is 7.90. The summed E-state index contributed by atoms with van der Waals surface area (Å²) >= 11 is 7.06. The molecule has 0 bridgehead atoms. The van der Waals surface area contributed by atoms with E-state index in [-0.39, 0.29) is 17.9 Å². The van der Waals surface area contributed by atoms with Crippen LogP contribution in [0.3, 0.4) is 0 Å². The zero-order valence-corrected chi connectivity index (χ0v) is 19.5. The average Bonchev–Trinajstić information content (AvgIpc) is 3.00. The second-order valence-electron chi connectivity index (χ2n) is 7.76. The molecule has 6 nitrogen and oxygen atoms in total. The van der Waals surface area contributed by atoms with Gasteiger partial charge in [-0.25, -0.2) is 0 Å². The number of halogens is 2. The molecule has 3 N–H and O–H groups in total. The zero-order valence-electron chi connectivity index (χ0n) is 16.3. The summed E-state index contributed by atoms with van der Waals surface area (Å²) in [5.41, 5.74) is 8.10. The van der Waals surface area contributed by atoms with Crippen molar-refractivity contribution in [3.05, 3.63) is 38.8 Å².